The van der Waals surface area contributed by atoms with Crippen LogP contribution in [0.5, 0.6) is 5.75 Å². The Morgan fingerprint density at radius 1 is 1.32 bits per heavy atom. The zero-order valence-corrected chi connectivity index (χ0v) is 14.1. The largest absolute Gasteiger partial charge is 0.505 e. The molecule has 1 aromatic carbocycles. The van der Waals surface area contributed by atoms with Crippen molar-refractivity contribution in [3.8, 4) is 5.75 Å². The molecule has 0 aliphatic carbocycles. The predicted octanol–water partition coefficient (Wildman–Crippen LogP) is 2.33. The lowest BCUT2D eigenvalue weighted by Gasteiger charge is -2.15. The first-order chi connectivity index (χ1) is 12.1. The van der Waals surface area contributed by atoms with Gasteiger partial charge in [-0.1, -0.05) is 12.1 Å². The molecule has 2 aromatic rings. The number of hydrogen-bond acceptors (Lipinski definition) is 5. The monoisotopic (exact) mass is 339 g/mol. The van der Waals surface area contributed by atoms with Crippen molar-refractivity contribution in [2.24, 2.45) is 4.99 Å². The maximum absolute atomic E-state index is 11.8. The van der Waals surface area contributed by atoms with Gasteiger partial charge in [0.1, 0.15) is 5.75 Å². The highest BCUT2D eigenvalue weighted by atomic mass is 16.3. The molecule has 6 heteroatoms. The molecule has 0 unspecified atom stereocenters. The summed E-state index contributed by atoms with van der Waals surface area (Å²) in [6, 6.07) is 7.76. The highest BCUT2D eigenvalue weighted by molar-refractivity contribution is 5.95. The Morgan fingerprint density at radius 3 is 2.72 bits per heavy atom. The Labute approximate surface area is 146 Å². The number of anilines is 1. The third-order valence-electron chi connectivity index (χ3n) is 4.34. The van der Waals surface area contributed by atoms with Crippen molar-refractivity contribution in [3.63, 3.8) is 0 Å². The van der Waals surface area contributed by atoms with Crippen molar-refractivity contribution >= 4 is 17.8 Å². The van der Waals surface area contributed by atoms with Gasteiger partial charge in [-0.15, -0.1) is 0 Å². The van der Waals surface area contributed by atoms with E-state index in [2.05, 4.69) is 9.98 Å². The topological polar surface area (TPSA) is 86.0 Å². The molecule has 0 radical (unpaired) electrons. The minimum absolute atomic E-state index is 0.0400. The zero-order valence-electron chi connectivity index (χ0n) is 14.1. The Bertz CT molecular complexity index is 800. The van der Waals surface area contributed by atoms with E-state index < -0.39 is 0 Å². The van der Waals surface area contributed by atoms with E-state index in [-0.39, 0.29) is 18.3 Å². The van der Waals surface area contributed by atoms with Crippen LogP contribution >= 0.6 is 0 Å². The van der Waals surface area contributed by atoms with Crippen LogP contribution in [-0.2, 0) is 17.9 Å². The molecule has 1 aliphatic heterocycles. The van der Waals surface area contributed by atoms with Crippen LogP contribution in [0.4, 0.5) is 5.69 Å². The van der Waals surface area contributed by atoms with E-state index in [1.54, 1.807) is 18.0 Å². The Balaban J connectivity index is 1.71. The van der Waals surface area contributed by atoms with Crippen molar-refractivity contribution in [1.29, 1.82) is 0 Å². The number of aromatic nitrogens is 1. The molecule has 0 bridgehead atoms. The number of nitrogens with zero attached hydrogens (tertiary/aromatic N) is 3. The summed E-state index contributed by atoms with van der Waals surface area (Å²) < 4.78 is 0. The smallest absolute Gasteiger partial charge is 0.227 e. The highest BCUT2D eigenvalue weighted by Gasteiger charge is 2.21. The summed E-state index contributed by atoms with van der Waals surface area (Å²) in [5.41, 5.74) is 3.45. The van der Waals surface area contributed by atoms with Crippen LogP contribution in [0.1, 0.15) is 35.2 Å². The molecule has 130 valence electrons. The van der Waals surface area contributed by atoms with Gasteiger partial charge >= 0.3 is 0 Å². The number of carbonyl (C=O) groups is 1. The first kappa shape index (κ1) is 17.1. The quantitative estimate of drug-likeness (QED) is 0.819. The van der Waals surface area contributed by atoms with E-state index in [1.807, 2.05) is 24.3 Å². The number of carbonyl (C=O) groups excluding carboxylic acids is 1. The van der Waals surface area contributed by atoms with Crippen molar-refractivity contribution in [1.82, 2.24) is 4.98 Å². The highest BCUT2D eigenvalue weighted by Crippen LogP contribution is 2.23. The van der Waals surface area contributed by atoms with Crippen LogP contribution in [0.15, 0.2) is 35.5 Å². The summed E-state index contributed by atoms with van der Waals surface area (Å²) in [7, 11) is 0. The molecule has 0 spiro atoms. The molecular weight excluding hydrogens is 318 g/mol. The molecular formula is C19H21N3O3. The SMILES string of the molecule is Cc1ncc(CO)c(C=NCc2ccc(N3CCCC3=O)cc2)c1O. The third-order valence-corrected chi connectivity index (χ3v) is 4.34. The van der Waals surface area contributed by atoms with Crippen LogP contribution in [-0.4, -0.2) is 33.9 Å². The molecule has 3 rings (SSSR count). The molecule has 2 heterocycles. The Morgan fingerprint density at radius 2 is 2.08 bits per heavy atom. The lowest BCUT2D eigenvalue weighted by Crippen LogP contribution is -2.23. The first-order valence-corrected chi connectivity index (χ1v) is 8.27. The molecule has 0 atom stereocenters. The standard InChI is InChI=1S/C19H21N3O3/c1-13-19(25)17(15(12-23)10-21-13)11-20-9-14-4-6-16(7-5-14)22-8-2-3-18(22)24/h4-7,10-11,23,25H,2-3,8-9,12H2,1H3. The molecule has 1 aliphatic rings. The summed E-state index contributed by atoms with van der Waals surface area (Å²) in [4.78, 5) is 22.0. The number of benzene rings is 1. The molecule has 1 aromatic heterocycles. The average Bonchev–Trinajstić information content (AvgIpc) is 3.05. The molecule has 0 saturated carbocycles. The van der Waals surface area contributed by atoms with E-state index in [0.29, 0.717) is 29.8 Å². The summed E-state index contributed by atoms with van der Waals surface area (Å²) in [6.07, 6.45) is 4.63. The number of hydrogen-bond donors (Lipinski definition) is 2. The number of amides is 1. The van der Waals surface area contributed by atoms with Gasteiger partial charge in [0, 0.05) is 42.2 Å². The van der Waals surface area contributed by atoms with E-state index in [1.165, 1.54) is 6.20 Å². The fourth-order valence-corrected chi connectivity index (χ4v) is 2.87. The van der Waals surface area contributed by atoms with Crippen molar-refractivity contribution in [2.75, 3.05) is 11.4 Å². The van der Waals surface area contributed by atoms with Crippen LogP contribution in [0, 0.1) is 6.92 Å². The van der Waals surface area contributed by atoms with Gasteiger partial charge in [-0.2, -0.15) is 0 Å². The number of aliphatic imine (C=N–C) groups is 1. The van der Waals surface area contributed by atoms with Crippen LogP contribution in [0.3, 0.4) is 0 Å². The number of aliphatic hydroxyl groups excluding tert-OH is 1. The fourth-order valence-electron chi connectivity index (χ4n) is 2.87. The zero-order chi connectivity index (χ0) is 17.8. The molecule has 1 fully saturated rings. The normalized spacial score (nSPS) is 14.6. The second kappa shape index (κ2) is 7.44. The predicted molar refractivity (Wildman–Crippen MR) is 95.9 cm³/mol. The summed E-state index contributed by atoms with van der Waals surface area (Å²) in [6.45, 7) is 2.72. The summed E-state index contributed by atoms with van der Waals surface area (Å²) in [5, 5.41) is 19.4. The van der Waals surface area contributed by atoms with E-state index in [9.17, 15) is 15.0 Å². The minimum Gasteiger partial charge on any atom is -0.505 e. The number of aliphatic hydroxyl groups is 1. The molecule has 2 N–H and O–H groups in total. The van der Waals surface area contributed by atoms with Gasteiger partial charge in [-0.3, -0.25) is 14.8 Å². The van der Waals surface area contributed by atoms with Gasteiger partial charge in [0.2, 0.25) is 5.91 Å². The number of pyridine rings is 1. The number of aromatic hydroxyl groups is 1. The van der Waals surface area contributed by atoms with Crippen LogP contribution in [0.25, 0.3) is 0 Å². The Kier molecular flexibility index (Phi) is 5.09. The number of aryl methyl sites for hydroxylation is 1. The maximum atomic E-state index is 11.8. The van der Waals surface area contributed by atoms with Crippen LogP contribution in [0.2, 0.25) is 0 Å². The van der Waals surface area contributed by atoms with E-state index in [4.69, 9.17) is 0 Å². The van der Waals surface area contributed by atoms with Crippen LogP contribution < -0.4 is 4.90 Å². The number of rotatable bonds is 5. The minimum atomic E-state index is -0.208. The van der Waals surface area contributed by atoms with Crippen molar-refractivity contribution < 1.29 is 15.0 Å². The van der Waals surface area contributed by atoms with Gasteiger partial charge in [0.25, 0.3) is 0 Å². The third kappa shape index (κ3) is 3.69. The first-order valence-electron chi connectivity index (χ1n) is 8.27. The lowest BCUT2D eigenvalue weighted by molar-refractivity contribution is -0.117. The second-order valence-electron chi connectivity index (χ2n) is 6.07. The molecule has 6 nitrogen and oxygen atoms in total. The van der Waals surface area contributed by atoms with Crippen molar-refractivity contribution in [2.45, 2.75) is 32.9 Å². The fraction of sp³-hybridized carbons (Fsp3) is 0.316. The maximum Gasteiger partial charge on any atom is 0.227 e. The molecule has 1 saturated heterocycles. The van der Waals surface area contributed by atoms with Gasteiger partial charge < -0.3 is 15.1 Å². The summed E-state index contributed by atoms with van der Waals surface area (Å²) >= 11 is 0. The van der Waals surface area contributed by atoms with Gasteiger partial charge in [0.15, 0.2) is 0 Å². The van der Waals surface area contributed by atoms with Crippen molar-refractivity contribution in [3.05, 3.63) is 52.8 Å². The van der Waals surface area contributed by atoms with Gasteiger partial charge in [-0.25, -0.2) is 0 Å². The van der Waals surface area contributed by atoms with E-state index >= 15 is 0 Å². The molecule has 25 heavy (non-hydrogen) atoms. The van der Waals surface area contributed by atoms with Gasteiger partial charge in [-0.05, 0) is 31.0 Å². The molecule has 1 amide bonds. The summed E-state index contributed by atoms with van der Waals surface area (Å²) in [5.74, 6) is 0.212. The average molecular weight is 339 g/mol. The van der Waals surface area contributed by atoms with E-state index in [0.717, 1.165) is 24.2 Å². The lowest BCUT2D eigenvalue weighted by atomic mass is 10.1. The Hall–Kier alpha value is -2.73. The second-order valence-corrected chi connectivity index (χ2v) is 6.07. The van der Waals surface area contributed by atoms with Gasteiger partial charge in [0.05, 0.1) is 18.8 Å².